The summed E-state index contributed by atoms with van der Waals surface area (Å²) in [5, 5.41) is 0. The van der Waals surface area contributed by atoms with Crippen molar-refractivity contribution in [3.05, 3.63) is 40.3 Å². The molecule has 94 valence electrons. The SMILES string of the molecule is CCc1cccnc1-c1nc(=S)cc(C(C)C)[nH]1. The van der Waals surface area contributed by atoms with E-state index in [9.17, 15) is 0 Å². The quantitative estimate of drug-likeness (QED) is 0.850. The molecule has 2 rings (SSSR count). The van der Waals surface area contributed by atoms with E-state index in [1.54, 1.807) is 6.20 Å². The predicted octanol–water partition coefficient (Wildman–Crippen LogP) is 3.89. The minimum absolute atomic E-state index is 0.391. The summed E-state index contributed by atoms with van der Waals surface area (Å²) >= 11 is 5.23. The molecule has 0 bridgehead atoms. The van der Waals surface area contributed by atoms with Gasteiger partial charge in [-0.05, 0) is 30.0 Å². The number of H-pyrrole nitrogens is 1. The Hall–Kier alpha value is -1.55. The summed E-state index contributed by atoms with van der Waals surface area (Å²) in [6, 6.07) is 5.93. The summed E-state index contributed by atoms with van der Waals surface area (Å²) in [5.41, 5.74) is 3.17. The molecule has 18 heavy (non-hydrogen) atoms. The first-order valence-electron chi connectivity index (χ1n) is 6.17. The van der Waals surface area contributed by atoms with Crippen LogP contribution in [0.15, 0.2) is 24.4 Å². The van der Waals surface area contributed by atoms with Crippen LogP contribution >= 0.6 is 12.2 Å². The second-order valence-electron chi connectivity index (χ2n) is 4.54. The first-order chi connectivity index (χ1) is 8.61. The Morgan fingerprint density at radius 2 is 2.17 bits per heavy atom. The van der Waals surface area contributed by atoms with Crippen LogP contribution in [0, 0.1) is 4.64 Å². The summed E-state index contributed by atoms with van der Waals surface area (Å²) in [6.45, 7) is 6.37. The van der Waals surface area contributed by atoms with Crippen LogP contribution in [-0.2, 0) is 6.42 Å². The molecule has 0 aliphatic rings. The number of nitrogens with one attached hydrogen (secondary N) is 1. The number of rotatable bonds is 3. The van der Waals surface area contributed by atoms with Gasteiger partial charge in [-0.1, -0.05) is 39.1 Å². The van der Waals surface area contributed by atoms with E-state index in [2.05, 4.69) is 41.8 Å². The third-order valence-electron chi connectivity index (χ3n) is 2.88. The molecule has 0 radical (unpaired) electrons. The van der Waals surface area contributed by atoms with Crippen molar-refractivity contribution in [3.63, 3.8) is 0 Å². The van der Waals surface area contributed by atoms with Gasteiger partial charge < -0.3 is 4.98 Å². The van der Waals surface area contributed by atoms with Crippen LogP contribution in [0.25, 0.3) is 11.5 Å². The molecule has 0 fully saturated rings. The first kappa shape index (κ1) is 12.9. The van der Waals surface area contributed by atoms with E-state index in [-0.39, 0.29) is 0 Å². The molecule has 0 saturated carbocycles. The molecule has 2 heterocycles. The third-order valence-corrected chi connectivity index (χ3v) is 3.09. The van der Waals surface area contributed by atoms with Crippen LogP contribution in [0.5, 0.6) is 0 Å². The fourth-order valence-corrected chi connectivity index (χ4v) is 2.05. The number of pyridine rings is 1. The highest BCUT2D eigenvalue weighted by Gasteiger charge is 2.09. The lowest BCUT2D eigenvalue weighted by atomic mass is 10.1. The first-order valence-corrected chi connectivity index (χ1v) is 6.58. The highest BCUT2D eigenvalue weighted by atomic mass is 32.1. The Labute approximate surface area is 112 Å². The highest BCUT2D eigenvalue weighted by Crippen LogP contribution is 2.20. The second-order valence-corrected chi connectivity index (χ2v) is 4.96. The Bertz CT molecular complexity index is 602. The summed E-state index contributed by atoms with van der Waals surface area (Å²) < 4.78 is 0.611. The fourth-order valence-electron chi connectivity index (χ4n) is 1.84. The van der Waals surface area contributed by atoms with Crippen LogP contribution in [0.4, 0.5) is 0 Å². The minimum Gasteiger partial charge on any atom is -0.342 e. The molecule has 0 amide bonds. The molecular formula is C14H17N3S. The van der Waals surface area contributed by atoms with Gasteiger partial charge in [-0.15, -0.1) is 0 Å². The molecule has 2 aromatic heterocycles. The van der Waals surface area contributed by atoms with Crippen LogP contribution in [0.2, 0.25) is 0 Å². The fraction of sp³-hybridized carbons (Fsp3) is 0.357. The van der Waals surface area contributed by atoms with Gasteiger partial charge in [0, 0.05) is 11.9 Å². The second kappa shape index (κ2) is 5.40. The van der Waals surface area contributed by atoms with Gasteiger partial charge in [-0.3, -0.25) is 4.98 Å². The number of aryl methyl sites for hydroxylation is 1. The van der Waals surface area contributed by atoms with E-state index < -0.39 is 0 Å². The average Bonchev–Trinajstić information content (AvgIpc) is 2.38. The molecule has 4 heteroatoms. The number of hydrogen-bond donors (Lipinski definition) is 1. The summed E-state index contributed by atoms with van der Waals surface area (Å²) in [5.74, 6) is 1.16. The van der Waals surface area contributed by atoms with E-state index in [0.717, 1.165) is 23.6 Å². The van der Waals surface area contributed by atoms with Crippen molar-refractivity contribution in [1.29, 1.82) is 0 Å². The lowest BCUT2D eigenvalue weighted by molar-refractivity contribution is 0.813. The van der Waals surface area contributed by atoms with E-state index >= 15 is 0 Å². The summed E-state index contributed by atoms with van der Waals surface area (Å²) in [4.78, 5) is 12.1. The Kier molecular flexibility index (Phi) is 3.87. The molecule has 0 aliphatic heterocycles. The van der Waals surface area contributed by atoms with E-state index in [1.165, 1.54) is 5.56 Å². The molecule has 0 atom stereocenters. The lowest BCUT2D eigenvalue weighted by Crippen LogP contribution is -2.01. The van der Waals surface area contributed by atoms with Crippen LogP contribution in [-0.4, -0.2) is 15.0 Å². The molecule has 0 aliphatic carbocycles. The molecule has 0 saturated heterocycles. The standard InChI is InChI=1S/C14H17N3S/c1-4-10-6-5-7-15-13(10)14-16-11(9(2)3)8-12(18)17-14/h5-9H,4H2,1-3H3,(H,16,17,18). The third kappa shape index (κ3) is 2.64. The van der Waals surface area contributed by atoms with Crippen molar-refractivity contribution in [2.24, 2.45) is 0 Å². The van der Waals surface area contributed by atoms with Crippen molar-refractivity contribution in [1.82, 2.24) is 15.0 Å². The zero-order valence-corrected chi connectivity index (χ0v) is 11.7. The normalized spacial score (nSPS) is 10.9. The topological polar surface area (TPSA) is 41.6 Å². The van der Waals surface area contributed by atoms with Gasteiger partial charge in [-0.25, -0.2) is 4.98 Å². The van der Waals surface area contributed by atoms with Crippen molar-refractivity contribution >= 4 is 12.2 Å². The zero-order valence-electron chi connectivity index (χ0n) is 10.9. The van der Waals surface area contributed by atoms with Crippen molar-refractivity contribution < 1.29 is 0 Å². The maximum Gasteiger partial charge on any atom is 0.158 e. The van der Waals surface area contributed by atoms with Gasteiger partial charge in [-0.2, -0.15) is 0 Å². The summed E-state index contributed by atoms with van der Waals surface area (Å²) in [7, 11) is 0. The maximum absolute atomic E-state index is 5.23. The number of aromatic nitrogens is 3. The molecule has 0 spiro atoms. The zero-order chi connectivity index (χ0) is 13.1. The largest absolute Gasteiger partial charge is 0.342 e. The van der Waals surface area contributed by atoms with Gasteiger partial charge in [0.1, 0.15) is 10.3 Å². The van der Waals surface area contributed by atoms with Crippen LogP contribution in [0.1, 0.15) is 37.9 Å². The Morgan fingerprint density at radius 1 is 1.39 bits per heavy atom. The molecule has 0 unspecified atom stereocenters. The Morgan fingerprint density at radius 3 is 2.83 bits per heavy atom. The van der Waals surface area contributed by atoms with E-state index in [1.807, 2.05) is 12.1 Å². The van der Waals surface area contributed by atoms with Crippen molar-refractivity contribution in [3.8, 4) is 11.5 Å². The van der Waals surface area contributed by atoms with Crippen LogP contribution in [0.3, 0.4) is 0 Å². The number of hydrogen-bond acceptors (Lipinski definition) is 3. The Balaban J connectivity index is 2.60. The molecule has 1 N–H and O–H groups in total. The van der Waals surface area contributed by atoms with Crippen molar-refractivity contribution in [2.45, 2.75) is 33.1 Å². The maximum atomic E-state index is 5.23. The van der Waals surface area contributed by atoms with Gasteiger partial charge in [0.15, 0.2) is 5.82 Å². The smallest absolute Gasteiger partial charge is 0.158 e. The molecule has 3 nitrogen and oxygen atoms in total. The van der Waals surface area contributed by atoms with E-state index in [4.69, 9.17) is 12.2 Å². The lowest BCUT2D eigenvalue weighted by Gasteiger charge is -2.10. The van der Waals surface area contributed by atoms with Crippen molar-refractivity contribution in [2.75, 3.05) is 0 Å². The summed E-state index contributed by atoms with van der Waals surface area (Å²) in [6.07, 6.45) is 2.71. The van der Waals surface area contributed by atoms with Gasteiger partial charge in [0.05, 0.1) is 0 Å². The van der Waals surface area contributed by atoms with Gasteiger partial charge in [0.2, 0.25) is 0 Å². The van der Waals surface area contributed by atoms with Crippen LogP contribution < -0.4 is 0 Å². The molecule has 0 aromatic carbocycles. The average molecular weight is 259 g/mol. The highest BCUT2D eigenvalue weighted by molar-refractivity contribution is 7.71. The molecule has 2 aromatic rings. The monoisotopic (exact) mass is 259 g/mol. The molecular weight excluding hydrogens is 242 g/mol. The van der Waals surface area contributed by atoms with Gasteiger partial charge >= 0.3 is 0 Å². The minimum atomic E-state index is 0.391. The van der Waals surface area contributed by atoms with E-state index in [0.29, 0.717) is 10.6 Å². The van der Waals surface area contributed by atoms with Gasteiger partial charge in [0.25, 0.3) is 0 Å². The predicted molar refractivity (Wildman–Crippen MR) is 76.1 cm³/mol. The number of aromatic amines is 1. The number of nitrogens with zero attached hydrogens (tertiary/aromatic N) is 2.